The SMILES string of the molecule is CCCCN(C1CC1)C(CN)c1ccc(I)cc1. The summed E-state index contributed by atoms with van der Waals surface area (Å²) in [6, 6.07) is 10.0. The molecule has 1 saturated carbocycles. The first-order valence-electron chi connectivity index (χ1n) is 6.97. The molecular weight excluding hydrogens is 335 g/mol. The molecule has 1 aliphatic carbocycles. The number of hydrogen-bond donors (Lipinski definition) is 1. The third-order valence-electron chi connectivity index (χ3n) is 3.66. The first-order valence-corrected chi connectivity index (χ1v) is 8.05. The smallest absolute Gasteiger partial charge is 0.0473 e. The van der Waals surface area contributed by atoms with E-state index in [0.717, 1.165) is 12.6 Å². The van der Waals surface area contributed by atoms with Crippen LogP contribution < -0.4 is 5.73 Å². The topological polar surface area (TPSA) is 29.3 Å². The Labute approximate surface area is 124 Å². The zero-order chi connectivity index (χ0) is 13.0. The van der Waals surface area contributed by atoms with Crippen molar-refractivity contribution in [1.82, 2.24) is 4.90 Å². The average Bonchev–Trinajstić information content (AvgIpc) is 3.20. The summed E-state index contributed by atoms with van der Waals surface area (Å²) in [7, 11) is 0. The molecule has 3 heteroatoms. The molecule has 2 nitrogen and oxygen atoms in total. The summed E-state index contributed by atoms with van der Waals surface area (Å²) in [4.78, 5) is 2.63. The fraction of sp³-hybridized carbons (Fsp3) is 0.600. The van der Waals surface area contributed by atoms with E-state index in [0.29, 0.717) is 6.04 Å². The normalized spacial score (nSPS) is 17.1. The number of rotatable bonds is 7. The Morgan fingerprint density at radius 3 is 2.50 bits per heavy atom. The average molecular weight is 358 g/mol. The quantitative estimate of drug-likeness (QED) is 0.756. The van der Waals surface area contributed by atoms with Gasteiger partial charge in [-0.25, -0.2) is 0 Å². The largest absolute Gasteiger partial charge is 0.329 e. The van der Waals surface area contributed by atoms with Crippen molar-refractivity contribution in [2.24, 2.45) is 5.73 Å². The van der Waals surface area contributed by atoms with Crippen LogP contribution in [0.15, 0.2) is 24.3 Å². The maximum absolute atomic E-state index is 6.04. The molecule has 1 atom stereocenters. The monoisotopic (exact) mass is 358 g/mol. The van der Waals surface area contributed by atoms with Crippen molar-refractivity contribution < 1.29 is 0 Å². The Hall–Kier alpha value is -0.130. The minimum absolute atomic E-state index is 0.404. The van der Waals surface area contributed by atoms with Crippen LogP contribution in [0, 0.1) is 3.57 Å². The molecule has 18 heavy (non-hydrogen) atoms. The Morgan fingerprint density at radius 2 is 2.00 bits per heavy atom. The molecule has 0 saturated heterocycles. The highest BCUT2D eigenvalue weighted by Gasteiger charge is 2.33. The number of hydrogen-bond acceptors (Lipinski definition) is 2. The highest BCUT2D eigenvalue weighted by molar-refractivity contribution is 14.1. The maximum Gasteiger partial charge on any atom is 0.0473 e. The number of benzene rings is 1. The van der Waals surface area contributed by atoms with Crippen molar-refractivity contribution in [2.45, 2.75) is 44.7 Å². The second-order valence-corrected chi connectivity index (χ2v) is 6.37. The fourth-order valence-electron chi connectivity index (χ4n) is 2.49. The van der Waals surface area contributed by atoms with Crippen LogP contribution in [0.5, 0.6) is 0 Å². The van der Waals surface area contributed by atoms with Gasteiger partial charge in [-0.3, -0.25) is 4.90 Å². The van der Waals surface area contributed by atoms with E-state index in [1.54, 1.807) is 0 Å². The molecule has 100 valence electrons. The van der Waals surface area contributed by atoms with Crippen LogP contribution >= 0.6 is 22.6 Å². The Bertz CT molecular complexity index is 359. The van der Waals surface area contributed by atoms with Crippen LogP contribution in [0.3, 0.4) is 0 Å². The predicted molar refractivity (Wildman–Crippen MR) is 85.6 cm³/mol. The predicted octanol–water partition coefficient (Wildman–Crippen LogP) is 3.56. The zero-order valence-electron chi connectivity index (χ0n) is 11.1. The lowest BCUT2D eigenvalue weighted by Gasteiger charge is -2.31. The molecule has 1 unspecified atom stereocenters. The summed E-state index contributed by atoms with van der Waals surface area (Å²) in [6.07, 6.45) is 5.24. The zero-order valence-corrected chi connectivity index (χ0v) is 13.3. The highest BCUT2D eigenvalue weighted by Crippen LogP contribution is 2.34. The summed E-state index contributed by atoms with van der Waals surface area (Å²) >= 11 is 2.35. The van der Waals surface area contributed by atoms with E-state index >= 15 is 0 Å². The molecular formula is C15H23IN2. The molecule has 2 rings (SSSR count). The van der Waals surface area contributed by atoms with E-state index in [1.165, 1.54) is 41.4 Å². The van der Waals surface area contributed by atoms with Crippen molar-refractivity contribution in [3.63, 3.8) is 0 Å². The van der Waals surface area contributed by atoms with E-state index < -0.39 is 0 Å². The molecule has 1 aromatic rings. The van der Waals surface area contributed by atoms with E-state index in [4.69, 9.17) is 5.73 Å². The summed E-state index contributed by atoms with van der Waals surface area (Å²) in [5, 5.41) is 0. The third kappa shape index (κ3) is 3.68. The van der Waals surface area contributed by atoms with Crippen LogP contribution in [0.4, 0.5) is 0 Å². The molecule has 2 N–H and O–H groups in total. The summed E-state index contributed by atoms with van der Waals surface area (Å²) in [6.45, 7) is 4.17. The van der Waals surface area contributed by atoms with Gasteiger partial charge in [-0.05, 0) is 66.1 Å². The second kappa shape index (κ2) is 6.87. The molecule has 1 fully saturated rings. The molecule has 0 aromatic heterocycles. The van der Waals surface area contributed by atoms with Crippen molar-refractivity contribution in [2.75, 3.05) is 13.1 Å². The first-order chi connectivity index (χ1) is 8.76. The number of nitrogens with zero attached hydrogens (tertiary/aromatic N) is 1. The molecule has 0 aliphatic heterocycles. The van der Waals surface area contributed by atoms with Gasteiger partial charge in [0.1, 0.15) is 0 Å². The van der Waals surface area contributed by atoms with E-state index in [9.17, 15) is 0 Å². The summed E-state index contributed by atoms with van der Waals surface area (Å²) < 4.78 is 1.29. The summed E-state index contributed by atoms with van der Waals surface area (Å²) in [5.74, 6) is 0. The molecule has 0 amide bonds. The van der Waals surface area contributed by atoms with Gasteiger partial charge in [0.25, 0.3) is 0 Å². The van der Waals surface area contributed by atoms with E-state index in [1.807, 2.05) is 0 Å². The second-order valence-electron chi connectivity index (χ2n) is 5.13. The van der Waals surface area contributed by atoms with Crippen LogP contribution in [0.25, 0.3) is 0 Å². The molecule has 0 radical (unpaired) electrons. The molecule has 0 heterocycles. The number of nitrogens with two attached hydrogens (primary N) is 1. The van der Waals surface area contributed by atoms with Gasteiger partial charge in [0.05, 0.1) is 0 Å². The first kappa shape index (κ1) is 14.3. The molecule has 1 aromatic carbocycles. The van der Waals surface area contributed by atoms with Gasteiger partial charge < -0.3 is 5.73 Å². The van der Waals surface area contributed by atoms with Gasteiger partial charge in [0.15, 0.2) is 0 Å². The Kier molecular flexibility index (Phi) is 5.45. The van der Waals surface area contributed by atoms with Crippen LogP contribution in [0.2, 0.25) is 0 Å². The van der Waals surface area contributed by atoms with Gasteiger partial charge in [-0.2, -0.15) is 0 Å². The lowest BCUT2D eigenvalue weighted by molar-refractivity contribution is 0.188. The maximum atomic E-state index is 6.04. The van der Waals surface area contributed by atoms with Crippen LogP contribution in [-0.2, 0) is 0 Å². The number of unbranched alkanes of at least 4 members (excludes halogenated alkanes) is 1. The van der Waals surface area contributed by atoms with Gasteiger partial charge in [0.2, 0.25) is 0 Å². The van der Waals surface area contributed by atoms with E-state index in [2.05, 4.69) is 58.7 Å². The van der Waals surface area contributed by atoms with Gasteiger partial charge in [0, 0.05) is 22.2 Å². The van der Waals surface area contributed by atoms with Gasteiger partial charge in [-0.1, -0.05) is 25.5 Å². The highest BCUT2D eigenvalue weighted by atomic mass is 127. The van der Waals surface area contributed by atoms with Crippen molar-refractivity contribution in [1.29, 1.82) is 0 Å². The third-order valence-corrected chi connectivity index (χ3v) is 4.38. The van der Waals surface area contributed by atoms with Gasteiger partial charge >= 0.3 is 0 Å². The fourth-order valence-corrected chi connectivity index (χ4v) is 2.85. The molecule has 0 bridgehead atoms. The lowest BCUT2D eigenvalue weighted by Crippen LogP contribution is -2.36. The minimum Gasteiger partial charge on any atom is -0.329 e. The van der Waals surface area contributed by atoms with Gasteiger partial charge in [-0.15, -0.1) is 0 Å². The van der Waals surface area contributed by atoms with Crippen LogP contribution in [-0.4, -0.2) is 24.0 Å². The standard InChI is InChI=1S/C15H23IN2/c1-2-3-10-18(14-8-9-14)15(11-17)12-4-6-13(16)7-5-12/h4-7,14-15H,2-3,8-11,17H2,1H3. The van der Waals surface area contributed by atoms with Crippen molar-refractivity contribution >= 4 is 22.6 Å². The van der Waals surface area contributed by atoms with E-state index in [-0.39, 0.29) is 0 Å². The van der Waals surface area contributed by atoms with Crippen molar-refractivity contribution in [3.05, 3.63) is 33.4 Å². The molecule has 0 spiro atoms. The summed E-state index contributed by atoms with van der Waals surface area (Å²) in [5.41, 5.74) is 7.41. The molecule has 1 aliphatic rings. The van der Waals surface area contributed by atoms with Crippen LogP contribution in [0.1, 0.15) is 44.2 Å². The Balaban J connectivity index is 2.11. The lowest BCUT2D eigenvalue weighted by atomic mass is 10.0. The minimum atomic E-state index is 0.404. The Morgan fingerprint density at radius 1 is 1.33 bits per heavy atom. The van der Waals surface area contributed by atoms with Crippen molar-refractivity contribution in [3.8, 4) is 0 Å². The number of halogens is 1.